The molecule has 0 aromatic heterocycles. The topological polar surface area (TPSA) is 53.1 Å². The number of ether oxygens (including phenoxy) is 1. The monoisotopic (exact) mass is 377 g/mol. The van der Waals surface area contributed by atoms with Crippen LogP contribution in [0.4, 0.5) is 4.79 Å². The first kappa shape index (κ1) is 19.0. The fraction of sp³-hybridized carbons (Fsp3) is 0.905. The summed E-state index contributed by atoms with van der Waals surface area (Å²) in [6.07, 6.45) is 5.47. The number of hydrogen-bond donors (Lipinski definition) is 0. The first-order valence-corrected chi connectivity index (χ1v) is 11.1. The number of fused-ring (bicyclic) bond motifs is 3. The second-order valence-electron chi connectivity index (χ2n) is 8.79. The van der Waals surface area contributed by atoms with Gasteiger partial charge in [0.2, 0.25) is 5.91 Å². The Bertz CT molecular complexity index is 553. The van der Waals surface area contributed by atoms with Gasteiger partial charge in [-0.2, -0.15) is 0 Å². The van der Waals surface area contributed by atoms with Crippen molar-refractivity contribution >= 4 is 12.0 Å². The van der Waals surface area contributed by atoms with Crippen LogP contribution in [0.1, 0.15) is 52.9 Å². The summed E-state index contributed by atoms with van der Waals surface area (Å²) in [5.41, 5.74) is 0. The molecule has 0 aromatic rings. The number of rotatable bonds is 5. The highest BCUT2D eigenvalue weighted by Crippen LogP contribution is 2.54. The molecule has 0 spiro atoms. The van der Waals surface area contributed by atoms with Crippen LogP contribution in [0.2, 0.25) is 0 Å². The molecule has 6 heteroatoms. The summed E-state index contributed by atoms with van der Waals surface area (Å²) < 4.78 is 5.32. The van der Waals surface area contributed by atoms with Crippen molar-refractivity contribution in [3.05, 3.63) is 0 Å². The number of carbonyl (C=O) groups excluding carboxylic acids is 2. The maximum Gasteiger partial charge on any atom is 0.410 e. The Kier molecular flexibility index (Phi) is 5.36. The van der Waals surface area contributed by atoms with Crippen LogP contribution in [-0.2, 0) is 9.53 Å². The van der Waals surface area contributed by atoms with Crippen LogP contribution in [0.15, 0.2) is 0 Å². The Morgan fingerprint density at radius 1 is 0.963 bits per heavy atom. The molecule has 2 amide bonds. The van der Waals surface area contributed by atoms with Gasteiger partial charge in [0.05, 0.1) is 6.61 Å². The van der Waals surface area contributed by atoms with Crippen molar-refractivity contribution in [2.45, 2.75) is 71.0 Å². The van der Waals surface area contributed by atoms with Crippen molar-refractivity contribution in [2.75, 3.05) is 32.8 Å². The highest BCUT2D eigenvalue weighted by Gasteiger charge is 2.61. The van der Waals surface area contributed by atoms with Gasteiger partial charge in [-0.25, -0.2) is 4.79 Å². The molecule has 0 radical (unpaired) electrons. The molecule has 0 N–H and O–H groups in total. The molecule has 3 heterocycles. The molecule has 1 saturated carbocycles. The number of piperidine rings is 3. The fourth-order valence-electron chi connectivity index (χ4n) is 6.12. The predicted molar refractivity (Wildman–Crippen MR) is 103 cm³/mol. The highest BCUT2D eigenvalue weighted by atomic mass is 16.6. The quantitative estimate of drug-likeness (QED) is 0.739. The highest BCUT2D eigenvalue weighted by molar-refractivity contribution is 5.82. The SMILES string of the molecule is CCOC(=O)N1C2CCCC1CC(N1C[C@@H]3[C@H](C1)[C@H]3C(=O)N(CC)CC)C2. The van der Waals surface area contributed by atoms with E-state index < -0.39 is 0 Å². The Morgan fingerprint density at radius 2 is 1.56 bits per heavy atom. The van der Waals surface area contributed by atoms with Crippen LogP contribution < -0.4 is 0 Å². The smallest absolute Gasteiger partial charge is 0.410 e. The molecule has 4 aliphatic rings. The minimum absolute atomic E-state index is 0.111. The average molecular weight is 378 g/mol. The van der Waals surface area contributed by atoms with Crippen LogP contribution >= 0.6 is 0 Å². The number of amides is 2. The molecule has 2 bridgehead atoms. The molecule has 152 valence electrons. The molecule has 3 aliphatic heterocycles. The zero-order chi connectivity index (χ0) is 19.1. The lowest BCUT2D eigenvalue weighted by Crippen LogP contribution is -2.59. The zero-order valence-corrected chi connectivity index (χ0v) is 17.1. The van der Waals surface area contributed by atoms with E-state index in [4.69, 9.17) is 4.74 Å². The Balaban J connectivity index is 1.34. The van der Waals surface area contributed by atoms with Crippen molar-refractivity contribution < 1.29 is 14.3 Å². The van der Waals surface area contributed by atoms with Crippen molar-refractivity contribution in [1.29, 1.82) is 0 Å². The largest absolute Gasteiger partial charge is 0.450 e. The van der Waals surface area contributed by atoms with Crippen molar-refractivity contribution in [3.8, 4) is 0 Å². The van der Waals surface area contributed by atoms with Crippen molar-refractivity contribution in [3.63, 3.8) is 0 Å². The minimum atomic E-state index is -0.111. The molecule has 4 rings (SSSR count). The standard InChI is InChI=1S/C21H35N3O3/c1-4-22(5-2)20(25)19-17-12-23(13-18(17)19)16-10-14-8-7-9-15(11-16)24(14)21(26)27-6-3/h14-19H,4-13H2,1-3H3/t14?,15?,16?,17-,18+,19+. The van der Waals surface area contributed by atoms with Gasteiger partial charge in [0.25, 0.3) is 0 Å². The summed E-state index contributed by atoms with van der Waals surface area (Å²) >= 11 is 0. The Labute approximate surface area is 163 Å². The number of carbonyl (C=O) groups is 2. The van der Waals surface area contributed by atoms with E-state index in [9.17, 15) is 9.59 Å². The maximum absolute atomic E-state index is 12.7. The van der Waals surface area contributed by atoms with Gasteiger partial charge in [-0.3, -0.25) is 9.69 Å². The zero-order valence-electron chi connectivity index (χ0n) is 17.1. The molecular formula is C21H35N3O3. The first-order chi connectivity index (χ1) is 13.1. The maximum atomic E-state index is 12.7. The minimum Gasteiger partial charge on any atom is -0.450 e. The van der Waals surface area contributed by atoms with E-state index in [2.05, 4.69) is 18.7 Å². The molecule has 2 unspecified atom stereocenters. The molecule has 1 aliphatic carbocycles. The lowest BCUT2D eigenvalue weighted by molar-refractivity contribution is -0.133. The average Bonchev–Trinajstić information content (AvgIpc) is 3.15. The van der Waals surface area contributed by atoms with Gasteiger partial charge >= 0.3 is 6.09 Å². The molecule has 27 heavy (non-hydrogen) atoms. The third-order valence-electron chi connectivity index (χ3n) is 7.53. The third kappa shape index (κ3) is 3.34. The number of nitrogens with zero attached hydrogens (tertiary/aromatic N) is 3. The molecule has 6 nitrogen and oxygen atoms in total. The van der Waals surface area contributed by atoms with Gasteiger partial charge in [0.1, 0.15) is 0 Å². The summed E-state index contributed by atoms with van der Waals surface area (Å²) in [6.45, 7) is 10.3. The summed E-state index contributed by atoms with van der Waals surface area (Å²) in [5.74, 6) is 1.80. The fourth-order valence-corrected chi connectivity index (χ4v) is 6.12. The lowest BCUT2D eigenvalue weighted by Gasteiger charge is -2.50. The third-order valence-corrected chi connectivity index (χ3v) is 7.53. The Morgan fingerprint density at radius 3 is 2.07 bits per heavy atom. The van der Waals surface area contributed by atoms with Crippen LogP contribution in [-0.4, -0.2) is 77.6 Å². The van der Waals surface area contributed by atoms with Crippen molar-refractivity contribution in [2.24, 2.45) is 17.8 Å². The second kappa shape index (κ2) is 7.61. The van der Waals surface area contributed by atoms with Crippen molar-refractivity contribution in [1.82, 2.24) is 14.7 Å². The predicted octanol–water partition coefficient (Wildman–Crippen LogP) is 2.57. The van der Waals surface area contributed by atoms with E-state index in [1.807, 2.05) is 16.7 Å². The summed E-state index contributed by atoms with van der Waals surface area (Å²) in [6, 6.07) is 1.25. The van der Waals surface area contributed by atoms with E-state index in [-0.39, 0.29) is 12.0 Å². The van der Waals surface area contributed by atoms with E-state index in [0.29, 0.717) is 42.5 Å². The van der Waals surface area contributed by atoms with Gasteiger partial charge in [0.15, 0.2) is 0 Å². The first-order valence-electron chi connectivity index (χ1n) is 11.1. The lowest BCUT2D eigenvalue weighted by atomic mass is 9.81. The van der Waals surface area contributed by atoms with Crippen LogP contribution in [0.5, 0.6) is 0 Å². The Hall–Kier alpha value is -1.30. The van der Waals surface area contributed by atoms with Gasteiger partial charge in [-0.15, -0.1) is 0 Å². The molecular weight excluding hydrogens is 342 g/mol. The molecule has 0 aromatic carbocycles. The number of hydrogen-bond acceptors (Lipinski definition) is 4. The summed E-state index contributed by atoms with van der Waals surface area (Å²) in [5, 5.41) is 0. The van der Waals surface area contributed by atoms with E-state index in [1.54, 1.807) is 0 Å². The summed E-state index contributed by atoms with van der Waals surface area (Å²) in [4.78, 5) is 31.7. The van der Waals surface area contributed by atoms with E-state index in [0.717, 1.165) is 51.9 Å². The normalized spacial score (nSPS) is 37.7. The van der Waals surface area contributed by atoms with Crippen LogP contribution in [0, 0.1) is 17.8 Å². The number of likely N-dealkylation sites (tertiary alicyclic amines) is 1. The van der Waals surface area contributed by atoms with Crippen LogP contribution in [0.3, 0.4) is 0 Å². The van der Waals surface area contributed by atoms with Gasteiger partial charge < -0.3 is 14.5 Å². The molecule has 3 saturated heterocycles. The molecule has 5 atom stereocenters. The second-order valence-corrected chi connectivity index (χ2v) is 8.79. The van der Waals surface area contributed by atoms with Gasteiger partial charge in [-0.05, 0) is 64.7 Å². The van der Waals surface area contributed by atoms with Gasteiger partial charge in [0, 0.05) is 50.2 Å². The van der Waals surface area contributed by atoms with E-state index in [1.165, 1.54) is 6.42 Å². The van der Waals surface area contributed by atoms with Gasteiger partial charge in [-0.1, -0.05) is 0 Å². The summed E-state index contributed by atoms with van der Waals surface area (Å²) in [7, 11) is 0. The van der Waals surface area contributed by atoms with Crippen LogP contribution in [0.25, 0.3) is 0 Å². The molecule has 4 fully saturated rings. The van der Waals surface area contributed by atoms with E-state index >= 15 is 0 Å².